The molecular formula is C14H22ClNO2. The molecule has 0 heterocycles. The first-order valence-corrected chi connectivity index (χ1v) is 6.72. The number of halogens is 1. The third-order valence-corrected chi connectivity index (χ3v) is 3.09. The lowest BCUT2D eigenvalue weighted by atomic mass is 10.1. The fourth-order valence-corrected chi connectivity index (χ4v) is 2.11. The van der Waals surface area contributed by atoms with E-state index in [1.807, 2.05) is 18.2 Å². The molecule has 1 aromatic rings. The molecule has 3 nitrogen and oxygen atoms in total. The van der Waals surface area contributed by atoms with Gasteiger partial charge in [-0.15, -0.1) is 11.6 Å². The molecule has 0 spiro atoms. The van der Waals surface area contributed by atoms with E-state index in [0.717, 1.165) is 36.9 Å². The maximum atomic E-state index is 5.71. The van der Waals surface area contributed by atoms with Crippen molar-refractivity contribution >= 4 is 11.6 Å². The van der Waals surface area contributed by atoms with E-state index in [-0.39, 0.29) is 0 Å². The molecule has 0 radical (unpaired) electrons. The first-order chi connectivity index (χ1) is 8.71. The number of methoxy groups -OCH3 is 2. The van der Waals surface area contributed by atoms with Gasteiger partial charge in [0.05, 0.1) is 14.2 Å². The topological polar surface area (TPSA) is 30.5 Å². The quantitative estimate of drug-likeness (QED) is 0.737. The zero-order valence-electron chi connectivity index (χ0n) is 11.3. The van der Waals surface area contributed by atoms with Crippen LogP contribution in [-0.2, 0) is 6.54 Å². The van der Waals surface area contributed by atoms with Crippen LogP contribution < -0.4 is 14.8 Å². The van der Waals surface area contributed by atoms with Gasteiger partial charge in [0.15, 0.2) is 11.5 Å². The van der Waals surface area contributed by atoms with Gasteiger partial charge in [0, 0.05) is 12.4 Å². The Morgan fingerprint density at radius 2 is 1.94 bits per heavy atom. The second-order valence-electron chi connectivity index (χ2n) is 4.40. The van der Waals surface area contributed by atoms with Gasteiger partial charge in [0.1, 0.15) is 0 Å². The summed E-state index contributed by atoms with van der Waals surface area (Å²) in [6.45, 7) is 4.00. The molecule has 1 aromatic carbocycles. The van der Waals surface area contributed by atoms with Crippen molar-refractivity contribution < 1.29 is 9.47 Å². The van der Waals surface area contributed by atoms with E-state index in [1.54, 1.807) is 14.2 Å². The van der Waals surface area contributed by atoms with Crippen LogP contribution in [0.15, 0.2) is 18.2 Å². The average molecular weight is 272 g/mol. The second kappa shape index (κ2) is 8.22. The van der Waals surface area contributed by atoms with Crippen LogP contribution in [0.2, 0.25) is 0 Å². The summed E-state index contributed by atoms with van der Waals surface area (Å²) in [5.41, 5.74) is 1.19. The summed E-state index contributed by atoms with van der Waals surface area (Å²) in [4.78, 5) is 0. The summed E-state index contributed by atoms with van der Waals surface area (Å²) in [5, 5.41) is 3.42. The lowest BCUT2D eigenvalue weighted by molar-refractivity contribution is 0.354. The van der Waals surface area contributed by atoms with Gasteiger partial charge in [0.2, 0.25) is 0 Å². The van der Waals surface area contributed by atoms with E-state index in [9.17, 15) is 0 Å². The van der Waals surface area contributed by atoms with E-state index >= 15 is 0 Å². The minimum atomic E-state index is 0.600. The Balaban J connectivity index is 2.47. The summed E-state index contributed by atoms with van der Waals surface area (Å²) >= 11 is 5.71. The molecule has 18 heavy (non-hydrogen) atoms. The lowest BCUT2D eigenvalue weighted by Gasteiger charge is -2.12. The standard InChI is InChI=1S/C14H22ClNO2/c1-11(6-7-15)9-16-10-12-4-5-13(17-2)14(8-12)18-3/h4-5,8,11,16H,6-7,9-10H2,1-3H3. The Labute approximate surface area is 114 Å². The van der Waals surface area contributed by atoms with Crippen LogP contribution in [0.5, 0.6) is 11.5 Å². The third-order valence-electron chi connectivity index (χ3n) is 2.87. The molecule has 1 N–H and O–H groups in total. The van der Waals surface area contributed by atoms with Crippen molar-refractivity contribution in [1.29, 1.82) is 0 Å². The van der Waals surface area contributed by atoms with Crippen molar-refractivity contribution in [2.24, 2.45) is 5.92 Å². The van der Waals surface area contributed by atoms with Gasteiger partial charge < -0.3 is 14.8 Å². The lowest BCUT2D eigenvalue weighted by Crippen LogP contribution is -2.21. The molecule has 1 unspecified atom stereocenters. The molecule has 0 aliphatic rings. The van der Waals surface area contributed by atoms with E-state index in [2.05, 4.69) is 12.2 Å². The summed E-state index contributed by atoms with van der Waals surface area (Å²) in [6.07, 6.45) is 1.04. The van der Waals surface area contributed by atoms with Gasteiger partial charge >= 0.3 is 0 Å². The van der Waals surface area contributed by atoms with Gasteiger partial charge in [-0.05, 0) is 36.6 Å². The molecule has 0 aliphatic heterocycles. The van der Waals surface area contributed by atoms with Gasteiger partial charge in [-0.1, -0.05) is 13.0 Å². The number of ether oxygens (including phenoxy) is 2. The molecule has 0 bridgehead atoms. The molecule has 0 fully saturated rings. The van der Waals surface area contributed by atoms with Gasteiger partial charge in [-0.25, -0.2) is 0 Å². The predicted molar refractivity (Wildman–Crippen MR) is 75.8 cm³/mol. The van der Waals surface area contributed by atoms with E-state index in [4.69, 9.17) is 21.1 Å². The molecule has 4 heteroatoms. The van der Waals surface area contributed by atoms with E-state index < -0.39 is 0 Å². The van der Waals surface area contributed by atoms with Crippen molar-refractivity contribution in [1.82, 2.24) is 5.32 Å². The van der Waals surface area contributed by atoms with E-state index in [1.165, 1.54) is 5.56 Å². The minimum absolute atomic E-state index is 0.600. The van der Waals surface area contributed by atoms with Crippen LogP contribution in [-0.4, -0.2) is 26.6 Å². The molecule has 0 aromatic heterocycles. The molecule has 0 amide bonds. The number of rotatable bonds is 8. The van der Waals surface area contributed by atoms with Crippen molar-refractivity contribution in [3.63, 3.8) is 0 Å². The Kier molecular flexibility index (Phi) is 6.91. The van der Waals surface area contributed by atoms with Crippen LogP contribution in [0.25, 0.3) is 0 Å². The average Bonchev–Trinajstić information content (AvgIpc) is 2.38. The van der Waals surface area contributed by atoms with Crippen LogP contribution in [0, 0.1) is 5.92 Å². The van der Waals surface area contributed by atoms with E-state index in [0.29, 0.717) is 5.92 Å². The SMILES string of the molecule is COc1ccc(CNCC(C)CCCl)cc1OC. The van der Waals surface area contributed by atoms with Crippen molar-refractivity contribution in [2.45, 2.75) is 19.9 Å². The fraction of sp³-hybridized carbons (Fsp3) is 0.571. The summed E-state index contributed by atoms with van der Waals surface area (Å²) in [7, 11) is 3.29. The third kappa shape index (κ3) is 4.75. The highest BCUT2D eigenvalue weighted by Gasteiger charge is 2.05. The summed E-state index contributed by atoms with van der Waals surface area (Å²) in [5.74, 6) is 2.85. The first-order valence-electron chi connectivity index (χ1n) is 6.18. The minimum Gasteiger partial charge on any atom is -0.493 e. The number of alkyl halides is 1. The van der Waals surface area contributed by atoms with Crippen LogP contribution >= 0.6 is 11.6 Å². The Morgan fingerprint density at radius 3 is 2.56 bits per heavy atom. The number of benzene rings is 1. The molecule has 0 saturated carbocycles. The molecular weight excluding hydrogens is 250 g/mol. The predicted octanol–water partition coefficient (Wildman–Crippen LogP) is 3.06. The Morgan fingerprint density at radius 1 is 1.22 bits per heavy atom. The maximum absolute atomic E-state index is 5.71. The molecule has 0 saturated heterocycles. The second-order valence-corrected chi connectivity index (χ2v) is 4.78. The van der Waals surface area contributed by atoms with Crippen LogP contribution in [0.4, 0.5) is 0 Å². The van der Waals surface area contributed by atoms with Crippen LogP contribution in [0.3, 0.4) is 0 Å². The van der Waals surface area contributed by atoms with Gasteiger partial charge in [-0.3, -0.25) is 0 Å². The number of hydrogen-bond acceptors (Lipinski definition) is 3. The number of nitrogens with one attached hydrogen (secondary N) is 1. The van der Waals surface area contributed by atoms with Gasteiger partial charge in [-0.2, -0.15) is 0 Å². The molecule has 102 valence electrons. The highest BCUT2D eigenvalue weighted by atomic mass is 35.5. The first kappa shape index (κ1) is 15.1. The fourth-order valence-electron chi connectivity index (χ4n) is 1.74. The Bertz CT molecular complexity index is 358. The molecule has 1 atom stereocenters. The normalized spacial score (nSPS) is 12.2. The Hall–Kier alpha value is -0.930. The highest BCUT2D eigenvalue weighted by molar-refractivity contribution is 6.17. The van der Waals surface area contributed by atoms with Crippen molar-refractivity contribution in [3.05, 3.63) is 23.8 Å². The summed E-state index contributed by atoms with van der Waals surface area (Å²) < 4.78 is 10.5. The smallest absolute Gasteiger partial charge is 0.161 e. The van der Waals surface area contributed by atoms with Crippen molar-refractivity contribution in [3.8, 4) is 11.5 Å². The largest absolute Gasteiger partial charge is 0.493 e. The van der Waals surface area contributed by atoms with Crippen LogP contribution in [0.1, 0.15) is 18.9 Å². The molecule has 0 aliphatic carbocycles. The monoisotopic (exact) mass is 271 g/mol. The number of hydrogen-bond donors (Lipinski definition) is 1. The maximum Gasteiger partial charge on any atom is 0.161 e. The summed E-state index contributed by atoms with van der Waals surface area (Å²) in [6, 6.07) is 5.97. The van der Waals surface area contributed by atoms with Crippen molar-refractivity contribution in [2.75, 3.05) is 26.6 Å². The molecule has 1 rings (SSSR count). The zero-order chi connectivity index (χ0) is 13.4. The zero-order valence-corrected chi connectivity index (χ0v) is 12.1. The van der Waals surface area contributed by atoms with Gasteiger partial charge in [0.25, 0.3) is 0 Å². The highest BCUT2D eigenvalue weighted by Crippen LogP contribution is 2.27.